The van der Waals surface area contributed by atoms with Gasteiger partial charge in [-0.2, -0.15) is 5.26 Å². The third-order valence-corrected chi connectivity index (χ3v) is 3.60. The van der Waals surface area contributed by atoms with Crippen molar-refractivity contribution in [2.75, 3.05) is 6.61 Å². The van der Waals surface area contributed by atoms with E-state index in [-0.39, 0.29) is 0 Å². The topological polar surface area (TPSA) is 45.0 Å². The molecule has 0 amide bonds. The predicted molar refractivity (Wildman–Crippen MR) is 71.4 cm³/mol. The Morgan fingerprint density at radius 1 is 1.56 bits per heavy atom. The van der Waals surface area contributed by atoms with Crippen LogP contribution < -0.4 is 5.32 Å². The molecule has 2 unspecified atom stereocenters. The Bertz CT molecular complexity index is 456. The molecule has 1 aromatic rings. The van der Waals surface area contributed by atoms with Crippen molar-refractivity contribution >= 4 is 11.6 Å². The molecule has 3 nitrogen and oxygen atoms in total. The van der Waals surface area contributed by atoms with Gasteiger partial charge in [0.2, 0.25) is 0 Å². The minimum absolute atomic E-state index is 0.327. The van der Waals surface area contributed by atoms with Gasteiger partial charge < -0.3 is 10.1 Å². The fourth-order valence-corrected chi connectivity index (χ4v) is 2.45. The van der Waals surface area contributed by atoms with Crippen molar-refractivity contribution in [1.29, 1.82) is 5.26 Å². The number of hydrogen-bond donors (Lipinski definition) is 1. The Hall–Kier alpha value is -1.08. The van der Waals surface area contributed by atoms with Crippen LogP contribution >= 0.6 is 11.6 Å². The third-order valence-electron chi connectivity index (χ3n) is 3.25. The van der Waals surface area contributed by atoms with Crippen molar-refractivity contribution < 1.29 is 4.74 Å². The van der Waals surface area contributed by atoms with Gasteiger partial charge in [0.1, 0.15) is 0 Å². The lowest BCUT2D eigenvalue weighted by Crippen LogP contribution is -2.37. The molecule has 96 valence electrons. The molecule has 0 saturated carbocycles. The molecule has 1 aliphatic heterocycles. The third kappa shape index (κ3) is 3.46. The standard InChI is InChI=1S/C14H17ClN2O/c1-10-6-13(4-5-18-10)17-9-12-3-2-11(8-16)7-14(12)15/h2-3,7,10,13,17H,4-6,9H2,1H3. The Balaban J connectivity index is 1.92. The SMILES string of the molecule is CC1CC(NCc2ccc(C#N)cc2Cl)CCO1. The molecular weight excluding hydrogens is 248 g/mol. The summed E-state index contributed by atoms with van der Waals surface area (Å²) in [7, 11) is 0. The maximum atomic E-state index is 8.78. The number of nitrogens with zero attached hydrogens (tertiary/aromatic N) is 1. The molecule has 1 aromatic carbocycles. The van der Waals surface area contributed by atoms with Crippen molar-refractivity contribution in [2.24, 2.45) is 0 Å². The highest BCUT2D eigenvalue weighted by molar-refractivity contribution is 6.31. The average Bonchev–Trinajstić information content (AvgIpc) is 2.37. The zero-order valence-electron chi connectivity index (χ0n) is 10.4. The van der Waals surface area contributed by atoms with E-state index in [1.54, 1.807) is 12.1 Å². The van der Waals surface area contributed by atoms with Crippen LogP contribution in [-0.4, -0.2) is 18.8 Å². The van der Waals surface area contributed by atoms with Gasteiger partial charge in [-0.1, -0.05) is 17.7 Å². The van der Waals surface area contributed by atoms with Gasteiger partial charge in [-0.15, -0.1) is 0 Å². The molecule has 0 bridgehead atoms. The molecule has 0 radical (unpaired) electrons. The van der Waals surface area contributed by atoms with Gasteiger partial charge in [0, 0.05) is 24.2 Å². The van der Waals surface area contributed by atoms with Crippen molar-refractivity contribution in [3.8, 4) is 6.07 Å². The zero-order valence-corrected chi connectivity index (χ0v) is 11.2. The maximum absolute atomic E-state index is 8.78. The van der Waals surface area contributed by atoms with Gasteiger partial charge in [-0.05, 0) is 37.5 Å². The molecule has 0 spiro atoms. The van der Waals surface area contributed by atoms with Crippen LogP contribution in [0.1, 0.15) is 30.9 Å². The fraction of sp³-hybridized carbons (Fsp3) is 0.500. The molecule has 1 N–H and O–H groups in total. The quantitative estimate of drug-likeness (QED) is 0.913. The van der Waals surface area contributed by atoms with Gasteiger partial charge in [-0.25, -0.2) is 0 Å². The van der Waals surface area contributed by atoms with Crippen molar-refractivity contribution in [3.63, 3.8) is 0 Å². The van der Waals surface area contributed by atoms with Crippen molar-refractivity contribution in [3.05, 3.63) is 34.3 Å². The Kier molecular flexibility index (Phi) is 4.60. The lowest BCUT2D eigenvalue weighted by atomic mass is 10.0. The van der Waals surface area contributed by atoms with Gasteiger partial charge in [-0.3, -0.25) is 0 Å². The lowest BCUT2D eigenvalue weighted by Gasteiger charge is -2.28. The summed E-state index contributed by atoms with van der Waals surface area (Å²) >= 11 is 6.14. The van der Waals surface area contributed by atoms with Crippen LogP contribution in [0.5, 0.6) is 0 Å². The molecule has 1 heterocycles. The van der Waals surface area contributed by atoms with E-state index in [1.165, 1.54) is 0 Å². The van der Waals surface area contributed by atoms with E-state index in [0.717, 1.165) is 31.6 Å². The van der Waals surface area contributed by atoms with E-state index in [4.69, 9.17) is 21.6 Å². The van der Waals surface area contributed by atoms with E-state index in [9.17, 15) is 0 Å². The van der Waals surface area contributed by atoms with E-state index in [1.807, 2.05) is 6.07 Å². The molecule has 1 fully saturated rings. The highest BCUT2D eigenvalue weighted by Crippen LogP contribution is 2.19. The summed E-state index contributed by atoms with van der Waals surface area (Å²) in [4.78, 5) is 0. The zero-order chi connectivity index (χ0) is 13.0. The first-order valence-electron chi connectivity index (χ1n) is 6.22. The monoisotopic (exact) mass is 264 g/mol. The second-order valence-electron chi connectivity index (χ2n) is 4.70. The molecule has 2 rings (SSSR count). The molecule has 1 aliphatic rings. The lowest BCUT2D eigenvalue weighted by molar-refractivity contribution is 0.0130. The summed E-state index contributed by atoms with van der Waals surface area (Å²) in [6, 6.07) is 8.00. The normalized spacial score (nSPS) is 23.6. The number of benzene rings is 1. The second kappa shape index (κ2) is 6.19. The van der Waals surface area contributed by atoms with Gasteiger partial charge in [0.15, 0.2) is 0 Å². The van der Waals surface area contributed by atoms with Crippen LogP contribution in [0.2, 0.25) is 5.02 Å². The molecule has 4 heteroatoms. The van der Waals surface area contributed by atoms with Crippen LogP contribution in [0.4, 0.5) is 0 Å². The van der Waals surface area contributed by atoms with E-state index < -0.39 is 0 Å². The fourth-order valence-electron chi connectivity index (χ4n) is 2.20. The van der Waals surface area contributed by atoms with Crippen LogP contribution in [0.3, 0.4) is 0 Å². The van der Waals surface area contributed by atoms with Crippen LogP contribution in [0.15, 0.2) is 18.2 Å². The average molecular weight is 265 g/mol. The summed E-state index contributed by atoms with van der Waals surface area (Å²) in [5.41, 5.74) is 1.64. The smallest absolute Gasteiger partial charge is 0.0992 e. The largest absolute Gasteiger partial charge is 0.378 e. The molecule has 0 aliphatic carbocycles. The predicted octanol–water partition coefficient (Wildman–Crippen LogP) is 2.87. The molecule has 0 aromatic heterocycles. The highest BCUT2D eigenvalue weighted by atomic mass is 35.5. The van der Waals surface area contributed by atoms with E-state index >= 15 is 0 Å². The van der Waals surface area contributed by atoms with Gasteiger partial charge in [0.05, 0.1) is 17.7 Å². The van der Waals surface area contributed by atoms with Crippen LogP contribution in [-0.2, 0) is 11.3 Å². The number of rotatable bonds is 3. The number of ether oxygens (including phenoxy) is 1. The first-order chi connectivity index (χ1) is 8.69. The Labute approximate surface area is 113 Å². The number of halogens is 1. The molecule has 1 saturated heterocycles. The molecular formula is C14H17ClN2O. The highest BCUT2D eigenvalue weighted by Gasteiger charge is 2.18. The summed E-state index contributed by atoms with van der Waals surface area (Å²) in [5.74, 6) is 0. The molecule has 18 heavy (non-hydrogen) atoms. The van der Waals surface area contributed by atoms with Crippen LogP contribution in [0, 0.1) is 11.3 Å². The summed E-state index contributed by atoms with van der Waals surface area (Å²) in [6.07, 6.45) is 2.40. The van der Waals surface area contributed by atoms with E-state index in [2.05, 4.69) is 18.3 Å². The molecule has 2 atom stereocenters. The first-order valence-corrected chi connectivity index (χ1v) is 6.60. The second-order valence-corrected chi connectivity index (χ2v) is 5.11. The summed E-state index contributed by atoms with van der Waals surface area (Å²) in [6.45, 7) is 3.66. The van der Waals surface area contributed by atoms with Crippen molar-refractivity contribution in [2.45, 2.75) is 38.5 Å². The minimum Gasteiger partial charge on any atom is -0.378 e. The first kappa shape index (κ1) is 13.4. The summed E-state index contributed by atoms with van der Waals surface area (Å²) in [5, 5.41) is 12.9. The summed E-state index contributed by atoms with van der Waals surface area (Å²) < 4.78 is 5.51. The number of nitriles is 1. The van der Waals surface area contributed by atoms with Crippen molar-refractivity contribution in [1.82, 2.24) is 5.32 Å². The van der Waals surface area contributed by atoms with E-state index in [0.29, 0.717) is 22.7 Å². The minimum atomic E-state index is 0.327. The Morgan fingerprint density at radius 3 is 3.06 bits per heavy atom. The number of nitrogens with one attached hydrogen (secondary N) is 1. The maximum Gasteiger partial charge on any atom is 0.0992 e. The van der Waals surface area contributed by atoms with Gasteiger partial charge in [0.25, 0.3) is 0 Å². The number of hydrogen-bond acceptors (Lipinski definition) is 3. The Morgan fingerprint density at radius 2 is 2.39 bits per heavy atom. The van der Waals surface area contributed by atoms with Gasteiger partial charge >= 0.3 is 0 Å². The van der Waals surface area contributed by atoms with Crippen LogP contribution in [0.25, 0.3) is 0 Å².